The highest BCUT2D eigenvalue weighted by Gasteiger charge is 2.32. The summed E-state index contributed by atoms with van der Waals surface area (Å²) in [4.78, 5) is 12.3. The van der Waals surface area contributed by atoms with Crippen LogP contribution in [0.2, 0.25) is 0 Å². The van der Waals surface area contributed by atoms with Gasteiger partial charge in [-0.2, -0.15) is 5.26 Å². The van der Waals surface area contributed by atoms with Gasteiger partial charge >= 0.3 is 5.97 Å². The zero-order valence-electron chi connectivity index (χ0n) is 15.4. The van der Waals surface area contributed by atoms with Crippen LogP contribution >= 0.6 is 15.9 Å². The number of nitriles is 1. The maximum Gasteiger partial charge on any atom is 0.343 e. The van der Waals surface area contributed by atoms with Crippen LogP contribution in [0.1, 0.15) is 27.4 Å². The van der Waals surface area contributed by atoms with Crippen molar-refractivity contribution in [2.75, 3.05) is 0 Å². The molecule has 0 aromatic heterocycles. The fourth-order valence-corrected chi connectivity index (χ4v) is 3.79. The zero-order valence-corrected chi connectivity index (χ0v) is 17.0. The number of carbonyl (C=O) groups is 1. The Morgan fingerprint density at radius 3 is 2.53 bits per heavy atom. The Morgan fingerprint density at radius 2 is 1.83 bits per heavy atom. The van der Waals surface area contributed by atoms with Gasteiger partial charge in [-0.15, -0.1) is 0 Å². The Morgan fingerprint density at radius 1 is 1.10 bits per heavy atom. The molecule has 0 saturated carbocycles. The van der Waals surface area contributed by atoms with E-state index in [1.165, 1.54) is 24.3 Å². The van der Waals surface area contributed by atoms with E-state index in [0.717, 1.165) is 10.0 Å². The van der Waals surface area contributed by atoms with Crippen LogP contribution in [0.15, 0.2) is 82.7 Å². The van der Waals surface area contributed by atoms with Crippen LogP contribution < -0.4 is 15.2 Å². The van der Waals surface area contributed by atoms with Gasteiger partial charge in [-0.1, -0.05) is 40.2 Å². The molecular weight excluding hydrogens is 451 g/mol. The Kier molecular flexibility index (Phi) is 5.25. The molecule has 2 N–H and O–H groups in total. The van der Waals surface area contributed by atoms with Crippen molar-refractivity contribution in [2.24, 2.45) is 5.73 Å². The standard InChI is InChI=1S/C23H14BrFN2O3/c24-19-4-2-1-3-16(19)21-17-10-9-15(11-20(17)30-22(27)18(21)12-26)29-23(28)13-5-7-14(25)8-6-13/h1-11,21H,27H2. The normalized spacial score (nSPS) is 15.0. The summed E-state index contributed by atoms with van der Waals surface area (Å²) in [6, 6.07) is 19.6. The highest BCUT2D eigenvalue weighted by molar-refractivity contribution is 9.10. The summed E-state index contributed by atoms with van der Waals surface area (Å²) in [6.45, 7) is 0. The Hall–Kier alpha value is -3.63. The summed E-state index contributed by atoms with van der Waals surface area (Å²) in [5.41, 5.74) is 8.10. The zero-order chi connectivity index (χ0) is 21.3. The van der Waals surface area contributed by atoms with Crippen LogP contribution in [-0.2, 0) is 0 Å². The summed E-state index contributed by atoms with van der Waals surface area (Å²) in [7, 11) is 0. The van der Waals surface area contributed by atoms with E-state index in [1.54, 1.807) is 18.2 Å². The second kappa shape index (κ2) is 8.01. The van der Waals surface area contributed by atoms with E-state index in [2.05, 4.69) is 22.0 Å². The number of rotatable bonds is 3. The van der Waals surface area contributed by atoms with Crippen LogP contribution in [-0.4, -0.2) is 5.97 Å². The number of halogens is 2. The first-order valence-corrected chi connectivity index (χ1v) is 9.71. The minimum atomic E-state index is -0.630. The number of nitrogens with zero attached hydrogens (tertiary/aromatic N) is 1. The van der Waals surface area contributed by atoms with Crippen molar-refractivity contribution in [1.29, 1.82) is 5.26 Å². The molecule has 0 aliphatic carbocycles. The number of ether oxygens (including phenoxy) is 2. The number of hydrogen-bond donors (Lipinski definition) is 1. The molecule has 1 atom stereocenters. The van der Waals surface area contributed by atoms with Gasteiger partial charge in [0.15, 0.2) is 0 Å². The van der Waals surface area contributed by atoms with Crippen molar-refractivity contribution in [1.82, 2.24) is 0 Å². The molecule has 0 saturated heterocycles. The average Bonchev–Trinajstić information content (AvgIpc) is 2.73. The first-order valence-electron chi connectivity index (χ1n) is 8.91. The molecule has 0 spiro atoms. The third kappa shape index (κ3) is 3.65. The fraction of sp³-hybridized carbons (Fsp3) is 0.0435. The fourth-order valence-electron chi connectivity index (χ4n) is 3.28. The third-order valence-electron chi connectivity index (χ3n) is 4.70. The van der Waals surface area contributed by atoms with Gasteiger partial charge in [0.05, 0.1) is 11.5 Å². The first kappa shape index (κ1) is 19.7. The predicted molar refractivity (Wildman–Crippen MR) is 111 cm³/mol. The van der Waals surface area contributed by atoms with Crippen LogP contribution in [0.5, 0.6) is 11.5 Å². The molecule has 0 fully saturated rings. The Bertz CT molecular complexity index is 1220. The maximum atomic E-state index is 13.1. The number of fused-ring (bicyclic) bond motifs is 1. The number of carbonyl (C=O) groups excluding carboxylic acids is 1. The maximum absolute atomic E-state index is 13.1. The molecule has 5 nitrogen and oxygen atoms in total. The van der Waals surface area contributed by atoms with Gasteiger partial charge in [0, 0.05) is 16.1 Å². The quantitative estimate of drug-likeness (QED) is 0.434. The Balaban J connectivity index is 1.70. The number of nitrogens with two attached hydrogens (primary N) is 1. The van der Waals surface area contributed by atoms with Gasteiger partial charge in [0.1, 0.15) is 29.0 Å². The predicted octanol–water partition coefficient (Wildman–Crippen LogP) is 5.03. The highest BCUT2D eigenvalue weighted by Crippen LogP contribution is 2.45. The first-order chi connectivity index (χ1) is 14.5. The molecule has 3 aromatic rings. The van der Waals surface area contributed by atoms with Crippen molar-refractivity contribution >= 4 is 21.9 Å². The van der Waals surface area contributed by atoms with Crippen LogP contribution in [0.25, 0.3) is 0 Å². The van der Waals surface area contributed by atoms with Crippen molar-refractivity contribution in [3.05, 3.63) is 105 Å². The lowest BCUT2D eigenvalue weighted by atomic mass is 9.83. The summed E-state index contributed by atoms with van der Waals surface area (Å²) >= 11 is 3.53. The molecule has 7 heteroatoms. The molecule has 1 heterocycles. The largest absolute Gasteiger partial charge is 0.440 e. The SMILES string of the molecule is N#CC1=C(N)Oc2cc(OC(=O)c3ccc(F)cc3)ccc2C1c1ccccc1Br. The molecule has 30 heavy (non-hydrogen) atoms. The molecule has 1 aliphatic rings. The molecule has 1 aliphatic heterocycles. The lowest BCUT2D eigenvalue weighted by Gasteiger charge is -2.27. The number of esters is 1. The van der Waals surface area contributed by atoms with E-state index in [1.807, 2.05) is 24.3 Å². The van der Waals surface area contributed by atoms with E-state index in [9.17, 15) is 14.4 Å². The summed E-state index contributed by atoms with van der Waals surface area (Å²) in [5, 5.41) is 9.65. The second-order valence-corrected chi connectivity index (χ2v) is 7.40. The molecule has 0 bridgehead atoms. The van der Waals surface area contributed by atoms with Gasteiger partial charge < -0.3 is 15.2 Å². The lowest BCUT2D eigenvalue weighted by molar-refractivity contribution is 0.0734. The number of benzene rings is 3. The minimum absolute atomic E-state index is 0.00670. The van der Waals surface area contributed by atoms with E-state index in [0.29, 0.717) is 16.9 Å². The summed E-state index contributed by atoms with van der Waals surface area (Å²) in [6.07, 6.45) is 0. The molecule has 148 valence electrons. The topological polar surface area (TPSA) is 85.3 Å². The van der Waals surface area contributed by atoms with Crippen molar-refractivity contribution in [3.8, 4) is 17.6 Å². The highest BCUT2D eigenvalue weighted by atomic mass is 79.9. The van der Waals surface area contributed by atoms with Crippen molar-refractivity contribution in [3.63, 3.8) is 0 Å². The third-order valence-corrected chi connectivity index (χ3v) is 5.42. The van der Waals surface area contributed by atoms with E-state index < -0.39 is 17.7 Å². The number of allylic oxidation sites excluding steroid dienone is 1. The minimum Gasteiger partial charge on any atom is -0.440 e. The lowest BCUT2D eigenvalue weighted by Crippen LogP contribution is -2.21. The van der Waals surface area contributed by atoms with Crippen LogP contribution in [0, 0.1) is 17.1 Å². The van der Waals surface area contributed by atoms with Crippen LogP contribution in [0.4, 0.5) is 4.39 Å². The van der Waals surface area contributed by atoms with Gasteiger partial charge in [-0.3, -0.25) is 0 Å². The average molecular weight is 465 g/mol. The monoisotopic (exact) mass is 464 g/mol. The van der Waals surface area contributed by atoms with E-state index in [-0.39, 0.29) is 17.2 Å². The summed E-state index contributed by atoms with van der Waals surface area (Å²) in [5.74, 6) is -0.889. The summed E-state index contributed by atoms with van der Waals surface area (Å²) < 4.78 is 24.9. The smallest absolute Gasteiger partial charge is 0.343 e. The van der Waals surface area contributed by atoms with E-state index in [4.69, 9.17) is 15.2 Å². The van der Waals surface area contributed by atoms with Crippen molar-refractivity contribution < 1.29 is 18.7 Å². The van der Waals surface area contributed by atoms with E-state index >= 15 is 0 Å². The van der Waals surface area contributed by atoms with Gasteiger partial charge in [0.25, 0.3) is 0 Å². The molecular formula is C23H14BrFN2O3. The molecule has 3 aromatic carbocycles. The molecule has 1 unspecified atom stereocenters. The van der Waals surface area contributed by atoms with Gasteiger partial charge in [-0.05, 0) is 42.0 Å². The molecule has 0 radical (unpaired) electrons. The molecule has 4 rings (SSSR count). The van der Waals surface area contributed by atoms with Crippen molar-refractivity contribution in [2.45, 2.75) is 5.92 Å². The van der Waals surface area contributed by atoms with Crippen LogP contribution in [0.3, 0.4) is 0 Å². The second-order valence-electron chi connectivity index (χ2n) is 6.54. The number of hydrogen-bond acceptors (Lipinski definition) is 5. The van der Waals surface area contributed by atoms with Gasteiger partial charge in [0.2, 0.25) is 5.88 Å². The Labute approximate surface area is 180 Å². The molecule has 0 amide bonds. The van der Waals surface area contributed by atoms with Gasteiger partial charge in [-0.25, -0.2) is 9.18 Å².